The van der Waals surface area contributed by atoms with Crippen LogP contribution in [0.4, 0.5) is 10.2 Å². The molecular weight excluding hydrogens is 416 g/mol. The summed E-state index contributed by atoms with van der Waals surface area (Å²) in [6.45, 7) is 2.73. The molecular formula is C21H20Cl2FN3S. The van der Waals surface area contributed by atoms with Gasteiger partial charge in [0.25, 0.3) is 0 Å². The van der Waals surface area contributed by atoms with E-state index in [0.29, 0.717) is 16.4 Å². The second-order valence-electron chi connectivity index (χ2n) is 6.35. The third-order valence-corrected chi connectivity index (χ3v) is 6.22. The van der Waals surface area contributed by atoms with Crippen molar-refractivity contribution in [2.45, 2.75) is 23.6 Å². The van der Waals surface area contributed by atoms with Crippen LogP contribution in [-0.4, -0.2) is 12.0 Å². The minimum atomic E-state index is -0.491. The molecule has 0 fully saturated rings. The smallest absolute Gasteiger partial charge is 0.142 e. The summed E-state index contributed by atoms with van der Waals surface area (Å²) in [5.74, 6) is -0.0777. The largest absolute Gasteiger partial charge is 0.383 e. The van der Waals surface area contributed by atoms with Crippen LogP contribution in [0, 0.1) is 5.82 Å². The van der Waals surface area contributed by atoms with Gasteiger partial charge < -0.3 is 11.1 Å². The molecule has 1 aromatic heterocycles. The van der Waals surface area contributed by atoms with Gasteiger partial charge in [-0.25, -0.2) is 9.37 Å². The topological polar surface area (TPSA) is 50.9 Å². The van der Waals surface area contributed by atoms with Gasteiger partial charge in [-0.05, 0) is 43.3 Å². The van der Waals surface area contributed by atoms with Crippen LogP contribution in [-0.2, 0) is 6.54 Å². The summed E-state index contributed by atoms with van der Waals surface area (Å²) in [4.78, 5) is 5.12. The van der Waals surface area contributed by atoms with Crippen molar-refractivity contribution < 1.29 is 4.39 Å². The molecule has 0 radical (unpaired) electrons. The van der Waals surface area contributed by atoms with E-state index in [1.807, 2.05) is 20.0 Å². The van der Waals surface area contributed by atoms with E-state index in [0.717, 1.165) is 22.6 Å². The van der Waals surface area contributed by atoms with Gasteiger partial charge in [0.05, 0.1) is 9.92 Å². The summed E-state index contributed by atoms with van der Waals surface area (Å²) in [5.41, 5.74) is 9.84. The van der Waals surface area contributed by atoms with Crippen molar-refractivity contribution in [3.05, 3.63) is 75.7 Å². The Bertz CT molecular complexity index is 980. The molecule has 0 spiro atoms. The molecule has 28 heavy (non-hydrogen) atoms. The highest BCUT2D eigenvalue weighted by Crippen LogP contribution is 2.44. The number of nitrogens with zero attached hydrogens (tertiary/aromatic N) is 1. The monoisotopic (exact) mass is 435 g/mol. The molecule has 3 aromatic rings. The van der Waals surface area contributed by atoms with E-state index in [1.54, 1.807) is 6.20 Å². The predicted octanol–water partition coefficient (Wildman–Crippen LogP) is 6.35. The molecule has 1 heterocycles. The maximum Gasteiger partial charge on any atom is 0.142 e. The number of thioether (sulfide) groups is 1. The molecule has 1 atom stereocenters. The minimum absolute atomic E-state index is 0.0373. The minimum Gasteiger partial charge on any atom is -0.383 e. The van der Waals surface area contributed by atoms with Gasteiger partial charge in [0.1, 0.15) is 11.6 Å². The summed E-state index contributed by atoms with van der Waals surface area (Å²) < 4.78 is 13.9. The molecule has 0 amide bonds. The van der Waals surface area contributed by atoms with Crippen LogP contribution >= 0.6 is 35.0 Å². The highest BCUT2D eigenvalue weighted by atomic mass is 35.5. The average Bonchev–Trinajstić information content (AvgIpc) is 2.68. The molecule has 3 nitrogen and oxygen atoms in total. The lowest BCUT2D eigenvalue weighted by Crippen LogP contribution is -2.04. The Hall–Kier alpha value is -1.79. The second-order valence-corrected chi connectivity index (χ2v) is 8.52. The maximum absolute atomic E-state index is 13.9. The quantitative estimate of drug-likeness (QED) is 0.349. The van der Waals surface area contributed by atoms with Crippen LogP contribution in [0.15, 0.2) is 53.6 Å². The summed E-state index contributed by atoms with van der Waals surface area (Å²) >= 11 is 13.8. The lowest BCUT2D eigenvalue weighted by Gasteiger charge is -2.17. The van der Waals surface area contributed by atoms with Crippen molar-refractivity contribution in [3.63, 3.8) is 0 Å². The second kappa shape index (κ2) is 9.14. The fraction of sp³-hybridized carbons (Fsp3) is 0.190. The molecule has 2 aromatic carbocycles. The molecule has 7 heteroatoms. The molecule has 0 saturated heterocycles. The Labute approximate surface area is 178 Å². The zero-order valence-electron chi connectivity index (χ0n) is 15.5. The van der Waals surface area contributed by atoms with Crippen molar-refractivity contribution in [1.82, 2.24) is 10.3 Å². The van der Waals surface area contributed by atoms with E-state index in [9.17, 15) is 4.39 Å². The fourth-order valence-corrected chi connectivity index (χ4v) is 4.83. The highest BCUT2D eigenvalue weighted by molar-refractivity contribution is 7.99. The van der Waals surface area contributed by atoms with Crippen molar-refractivity contribution in [2.24, 2.45) is 0 Å². The maximum atomic E-state index is 13.9. The first-order valence-electron chi connectivity index (χ1n) is 8.70. The number of anilines is 1. The van der Waals surface area contributed by atoms with E-state index in [2.05, 4.69) is 34.6 Å². The number of hydrogen-bond donors (Lipinski definition) is 2. The van der Waals surface area contributed by atoms with Crippen molar-refractivity contribution >= 4 is 40.8 Å². The third-order valence-electron chi connectivity index (χ3n) is 4.34. The first-order valence-corrected chi connectivity index (χ1v) is 10.3. The average molecular weight is 436 g/mol. The number of halogens is 3. The van der Waals surface area contributed by atoms with Crippen LogP contribution in [0.2, 0.25) is 10.0 Å². The van der Waals surface area contributed by atoms with Crippen LogP contribution in [0.3, 0.4) is 0 Å². The van der Waals surface area contributed by atoms with Gasteiger partial charge in [-0.3, -0.25) is 0 Å². The molecule has 3 N–H and O–H groups in total. The number of nitrogens with one attached hydrogen (secondary N) is 1. The molecule has 0 aliphatic rings. The van der Waals surface area contributed by atoms with Gasteiger partial charge >= 0.3 is 0 Å². The van der Waals surface area contributed by atoms with Crippen LogP contribution < -0.4 is 11.1 Å². The van der Waals surface area contributed by atoms with Crippen LogP contribution in [0.25, 0.3) is 11.1 Å². The van der Waals surface area contributed by atoms with Gasteiger partial charge in [0.15, 0.2) is 0 Å². The van der Waals surface area contributed by atoms with Gasteiger partial charge in [-0.1, -0.05) is 47.5 Å². The molecule has 146 valence electrons. The van der Waals surface area contributed by atoms with Gasteiger partial charge in [0, 0.05) is 34.1 Å². The van der Waals surface area contributed by atoms with Crippen molar-refractivity contribution in [2.75, 3.05) is 12.8 Å². The van der Waals surface area contributed by atoms with Gasteiger partial charge in [-0.15, -0.1) is 11.8 Å². The number of nitrogen functional groups attached to an aromatic ring is 1. The van der Waals surface area contributed by atoms with E-state index in [-0.39, 0.29) is 10.3 Å². The molecule has 3 rings (SSSR count). The number of aromatic nitrogens is 1. The summed E-state index contributed by atoms with van der Waals surface area (Å²) in [5, 5.41) is 3.39. The fourth-order valence-electron chi connectivity index (χ4n) is 2.89. The Morgan fingerprint density at radius 2 is 1.86 bits per heavy atom. The summed E-state index contributed by atoms with van der Waals surface area (Å²) in [6.07, 6.45) is 1.75. The van der Waals surface area contributed by atoms with Crippen molar-refractivity contribution in [1.29, 1.82) is 0 Å². The van der Waals surface area contributed by atoms with E-state index in [4.69, 9.17) is 28.9 Å². The third kappa shape index (κ3) is 4.61. The van der Waals surface area contributed by atoms with E-state index >= 15 is 0 Å². The molecule has 0 saturated carbocycles. The highest BCUT2D eigenvalue weighted by Gasteiger charge is 2.19. The standard InChI is InChI=1S/C21H20Cl2FN3S/c1-12(19-16(22)7-8-17(24)20(19)23)28-18-9-15(11-27-21(18)25)14-5-3-13(4-6-14)10-26-2/h3-9,11-12,26H,10H2,1-2H3,(H2,25,27). The Morgan fingerprint density at radius 3 is 2.54 bits per heavy atom. The normalized spacial score (nSPS) is 12.2. The number of pyridine rings is 1. The first kappa shape index (κ1) is 20.9. The number of hydrogen-bond acceptors (Lipinski definition) is 4. The number of benzene rings is 2. The molecule has 0 aliphatic heterocycles. The number of rotatable bonds is 6. The lowest BCUT2D eigenvalue weighted by molar-refractivity contribution is 0.626. The Kier molecular flexibility index (Phi) is 6.83. The summed E-state index contributed by atoms with van der Waals surface area (Å²) in [7, 11) is 1.92. The zero-order valence-corrected chi connectivity index (χ0v) is 17.8. The lowest BCUT2D eigenvalue weighted by atomic mass is 10.1. The van der Waals surface area contributed by atoms with E-state index < -0.39 is 5.82 Å². The van der Waals surface area contributed by atoms with Gasteiger partial charge in [0.2, 0.25) is 0 Å². The zero-order chi connectivity index (χ0) is 20.3. The summed E-state index contributed by atoms with van der Waals surface area (Å²) in [6, 6.07) is 13.0. The molecule has 0 aliphatic carbocycles. The van der Waals surface area contributed by atoms with Crippen molar-refractivity contribution in [3.8, 4) is 11.1 Å². The number of nitrogens with two attached hydrogens (primary N) is 1. The molecule has 1 unspecified atom stereocenters. The first-order chi connectivity index (χ1) is 13.4. The Balaban J connectivity index is 1.89. The van der Waals surface area contributed by atoms with Crippen LogP contribution in [0.5, 0.6) is 0 Å². The van der Waals surface area contributed by atoms with E-state index in [1.165, 1.54) is 29.5 Å². The predicted molar refractivity (Wildman–Crippen MR) is 118 cm³/mol. The van der Waals surface area contributed by atoms with Crippen LogP contribution in [0.1, 0.15) is 23.3 Å². The Morgan fingerprint density at radius 1 is 1.14 bits per heavy atom. The van der Waals surface area contributed by atoms with Gasteiger partial charge in [-0.2, -0.15) is 0 Å². The SMILES string of the molecule is CNCc1ccc(-c2cnc(N)c(SC(C)c3c(Cl)ccc(F)c3Cl)c2)cc1. The molecule has 0 bridgehead atoms.